The highest BCUT2D eigenvalue weighted by Crippen LogP contribution is 2.14. The van der Waals surface area contributed by atoms with E-state index in [9.17, 15) is 9.59 Å². The summed E-state index contributed by atoms with van der Waals surface area (Å²) in [5.74, 6) is -0.470. The van der Waals surface area contributed by atoms with Crippen LogP contribution in [0, 0.1) is 11.8 Å². The highest BCUT2D eigenvalue weighted by Gasteiger charge is 2.15. The van der Waals surface area contributed by atoms with E-state index in [1.54, 1.807) is 0 Å². The van der Waals surface area contributed by atoms with Gasteiger partial charge in [0, 0.05) is 13.0 Å². The van der Waals surface area contributed by atoms with Crippen LogP contribution in [0.1, 0.15) is 26.7 Å². The van der Waals surface area contributed by atoms with Gasteiger partial charge in [-0.2, -0.15) is 0 Å². The SMILES string of the molecule is COC(=O)NCC(CC(=O)O)CC(C)C. The maximum Gasteiger partial charge on any atom is 0.406 e. The highest BCUT2D eigenvalue weighted by atomic mass is 16.5. The van der Waals surface area contributed by atoms with Crippen molar-refractivity contribution in [3.05, 3.63) is 0 Å². The van der Waals surface area contributed by atoms with Crippen molar-refractivity contribution in [2.45, 2.75) is 26.7 Å². The quantitative estimate of drug-likeness (QED) is 0.706. The minimum atomic E-state index is -0.840. The van der Waals surface area contributed by atoms with Crippen molar-refractivity contribution in [3.63, 3.8) is 0 Å². The lowest BCUT2D eigenvalue weighted by molar-refractivity contribution is -0.138. The third-order valence-electron chi connectivity index (χ3n) is 1.99. The smallest absolute Gasteiger partial charge is 0.406 e. The zero-order valence-electron chi connectivity index (χ0n) is 9.45. The Morgan fingerprint density at radius 2 is 2.00 bits per heavy atom. The number of carbonyl (C=O) groups is 2. The first-order valence-electron chi connectivity index (χ1n) is 4.99. The van der Waals surface area contributed by atoms with E-state index in [-0.39, 0.29) is 12.3 Å². The van der Waals surface area contributed by atoms with Crippen LogP contribution >= 0.6 is 0 Å². The highest BCUT2D eigenvalue weighted by molar-refractivity contribution is 5.68. The third-order valence-corrected chi connectivity index (χ3v) is 1.99. The molecule has 1 amide bonds. The fraction of sp³-hybridized carbons (Fsp3) is 0.800. The number of alkyl carbamates (subject to hydrolysis) is 1. The molecule has 0 aliphatic carbocycles. The predicted octanol–water partition coefficient (Wildman–Crippen LogP) is 1.48. The molecule has 1 atom stereocenters. The van der Waals surface area contributed by atoms with Gasteiger partial charge in [0.2, 0.25) is 0 Å². The lowest BCUT2D eigenvalue weighted by Crippen LogP contribution is -2.30. The standard InChI is InChI=1S/C10H19NO4/c1-7(2)4-8(5-9(12)13)6-11-10(14)15-3/h7-8H,4-6H2,1-3H3,(H,11,14)(H,12,13). The number of carboxylic acids is 1. The summed E-state index contributed by atoms with van der Waals surface area (Å²) < 4.78 is 4.41. The van der Waals surface area contributed by atoms with E-state index < -0.39 is 12.1 Å². The van der Waals surface area contributed by atoms with Gasteiger partial charge in [-0.05, 0) is 18.3 Å². The molecule has 0 saturated carbocycles. The van der Waals surface area contributed by atoms with Gasteiger partial charge in [-0.1, -0.05) is 13.8 Å². The van der Waals surface area contributed by atoms with Gasteiger partial charge in [0.15, 0.2) is 0 Å². The molecular formula is C10H19NO4. The van der Waals surface area contributed by atoms with Crippen molar-refractivity contribution < 1.29 is 19.4 Å². The minimum absolute atomic E-state index is 0.0402. The number of methoxy groups -OCH3 is 1. The van der Waals surface area contributed by atoms with E-state index in [4.69, 9.17) is 5.11 Å². The Balaban J connectivity index is 4.00. The molecular weight excluding hydrogens is 198 g/mol. The first-order valence-corrected chi connectivity index (χ1v) is 4.99. The molecule has 0 aromatic rings. The van der Waals surface area contributed by atoms with Crippen LogP contribution in [0.15, 0.2) is 0 Å². The van der Waals surface area contributed by atoms with Gasteiger partial charge in [-0.15, -0.1) is 0 Å². The van der Waals surface area contributed by atoms with Crippen molar-refractivity contribution in [1.29, 1.82) is 0 Å². The molecule has 5 heteroatoms. The van der Waals surface area contributed by atoms with Crippen LogP contribution in [-0.4, -0.2) is 30.8 Å². The summed E-state index contributed by atoms with van der Waals surface area (Å²) in [7, 11) is 1.28. The van der Waals surface area contributed by atoms with E-state index in [2.05, 4.69) is 10.1 Å². The molecule has 0 saturated heterocycles. The Morgan fingerprint density at radius 3 is 2.40 bits per heavy atom. The number of ether oxygens (including phenoxy) is 1. The summed E-state index contributed by atoms with van der Waals surface area (Å²) >= 11 is 0. The Morgan fingerprint density at radius 1 is 1.40 bits per heavy atom. The minimum Gasteiger partial charge on any atom is -0.481 e. The summed E-state index contributed by atoms with van der Waals surface area (Å²) in [5, 5.41) is 11.2. The average molecular weight is 217 g/mol. The van der Waals surface area contributed by atoms with E-state index in [0.29, 0.717) is 12.5 Å². The van der Waals surface area contributed by atoms with Gasteiger partial charge in [0.1, 0.15) is 0 Å². The van der Waals surface area contributed by atoms with Gasteiger partial charge >= 0.3 is 12.1 Å². The third kappa shape index (κ3) is 7.78. The lowest BCUT2D eigenvalue weighted by atomic mass is 9.94. The van der Waals surface area contributed by atoms with E-state index in [0.717, 1.165) is 6.42 Å². The van der Waals surface area contributed by atoms with Crippen LogP contribution in [0.4, 0.5) is 4.79 Å². The Labute approximate surface area is 89.8 Å². The molecule has 0 heterocycles. The first kappa shape index (κ1) is 13.7. The van der Waals surface area contributed by atoms with Gasteiger partial charge in [0.25, 0.3) is 0 Å². The Kier molecular flexibility index (Phi) is 6.49. The van der Waals surface area contributed by atoms with E-state index in [1.165, 1.54) is 7.11 Å². The molecule has 0 radical (unpaired) electrons. The number of hydrogen-bond acceptors (Lipinski definition) is 3. The second kappa shape index (κ2) is 7.09. The second-order valence-corrected chi connectivity index (χ2v) is 3.97. The van der Waals surface area contributed by atoms with Gasteiger partial charge in [0.05, 0.1) is 7.11 Å². The molecule has 0 rings (SSSR count). The largest absolute Gasteiger partial charge is 0.481 e. The molecule has 0 aromatic carbocycles. The number of hydrogen-bond donors (Lipinski definition) is 2. The molecule has 0 bridgehead atoms. The summed E-state index contributed by atoms with van der Waals surface area (Å²) in [5.41, 5.74) is 0. The van der Waals surface area contributed by atoms with Crippen LogP contribution in [0.2, 0.25) is 0 Å². The molecule has 0 aliphatic rings. The molecule has 5 nitrogen and oxygen atoms in total. The van der Waals surface area contributed by atoms with Gasteiger partial charge < -0.3 is 15.2 Å². The van der Waals surface area contributed by atoms with Crippen molar-refractivity contribution in [3.8, 4) is 0 Å². The number of nitrogens with one attached hydrogen (secondary N) is 1. The maximum absolute atomic E-state index is 10.8. The fourth-order valence-corrected chi connectivity index (χ4v) is 1.45. The van der Waals surface area contributed by atoms with Crippen LogP contribution in [0.25, 0.3) is 0 Å². The number of carboxylic acid groups (broad SMARTS) is 1. The van der Waals surface area contributed by atoms with Crippen LogP contribution in [0.3, 0.4) is 0 Å². The predicted molar refractivity (Wildman–Crippen MR) is 55.6 cm³/mol. The Bertz CT molecular complexity index is 215. The molecule has 0 fully saturated rings. The first-order chi connectivity index (χ1) is 6.95. The summed E-state index contributed by atoms with van der Waals surface area (Å²) in [6, 6.07) is 0. The van der Waals surface area contributed by atoms with Crippen molar-refractivity contribution in [2.75, 3.05) is 13.7 Å². The summed E-state index contributed by atoms with van der Waals surface area (Å²) in [6.45, 7) is 4.39. The zero-order valence-corrected chi connectivity index (χ0v) is 9.45. The number of aliphatic carboxylic acids is 1. The Hall–Kier alpha value is -1.26. The van der Waals surface area contributed by atoms with Gasteiger partial charge in [-0.25, -0.2) is 4.79 Å². The van der Waals surface area contributed by atoms with E-state index in [1.807, 2.05) is 13.8 Å². The van der Waals surface area contributed by atoms with Crippen molar-refractivity contribution in [1.82, 2.24) is 5.32 Å². The molecule has 88 valence electrons. The van der Waals surface area contributed by atoms with E-state index >= 15 is 0 Å². The molecule has 2 N–H and O–H groups in total. The molecule has 0 aliphatic heterocycles. The summed E-state index contributed by atoms with van der Waals surface area (Å²) in [4.78, 5) is 21.4. The number of carbonyl (C=O) groups excluding carboxylic acids is 1. The normalized spacial score (nSPS) is 12.3. The molecule has 1 unspecified atom stereocenters. The number of amides is 1. The van der Waals surface area contributed by atoms with Crippen molar-refractivity contribution in [2.24, 2.45) is 11.8 Å². The maximum atomic E-state index is 10.8. The molecule has 15 heavy (non-hydrogen) atoms. The van der Waals surface area contributed by atoms with Gasteiger partial charge in [-0.3, -0.25) is 4.79 Å². The molecule has 0 spiro atoms. The van der Waals surface area contributed by atoms with Crippen LogP contribution in [-0.2, 0) is 9.53 Å². The molecule has 0 aromatic heterocycles. The fourth-order valence-electron chi connectivity index (χ4n) is 1.45. The zero-order chi connectivity index (χ0) is 11.8. The topological polar surface area (TPSA) is 75.6 Å². The van der Waals surface area contributed by atoms with Crippen LogP contribution < -0.4 is 5.32 Å². The monoisotopic (exact) mass is 217 g/mol. The summed E-state index contributed by atoms with van der Waals surface area (Å²) in [6.07, 6.45) is 0.326. The lowest BCUT2D eigenvalue weighted by Gasteiger charge is -2.17. The average Bonchev–Trinajstić information content (AvgIpc) is 2.11. The number of rotatable bonds is 6. The van der Waals surface area contributed by atoms with Crippen LogP contribution in [0.5, 0.6) is 0 Å². The second-order valence-electron chi connectivity index (χ2n) is 3.97. The van der Waals surface area contributed by atoms with Crippen molar-refractivity contribution >= 4 is 12.1 Å².